The second-order valence-electron chi connectivity index (χ2n) is 4.81. The first kappa shape index (κ1) is 14.3. The lowest BCUT2D eigenvalue weighted by molar-refractivity contribution is 0.191. The Morgan fingerprint density at radius 1 is 1.05 bits per heavy atom. The Hall–Kier alpha value is -2.60. The van der Waals surface area contributed by atoms with Gasteiger partial charge in [0.25, 0.3) is 0 Å². The molecule has 0 aliphatic heterocycles. The largest absolute Gasteiger partial charge is 0.387 e. The van der Waals surface area contributed by atoms with Crippen LogP contribution in [-0.4, -0.2) is 21.6 Å². The summed E-state index contributed by atoms with van der Waals surface area (Å²) >= 11 is 0. The zero-order valence-electron chi connectivity index (χ0n) is 11.5. The lowest BCUT2D eigenvalue weighted by Crippen LogP contribution is -2.13. The third kappa shape index (κ3) is 2.87. The zero-order chi connectivity index (χ0) is 15.5. The number of hydrogen-bond acceptors (Lipinski definition) is 4. The summed E-state index contributed by atoms with van der Waals surface area (Å²) in [5, 5.41) is 13.6. The van der Waals surface area contributed by atoms with Crippen LogP contribution >= 0.6 is 0 Å². The van der Waals surface area contributed by atoms with Crippen molar-refractivity contribution in [1.29, 1.82) is 0 Å². The van der Waals surface area contributed by atoms with E-state index in [1.54, 1.807) is 12.1 Å². The zero-order valence-corrected chi connectivity index (χ0v) is 11.5. The minimum absolute atomic E-state index is 0.161. The molecule has 0 aliphatic carbocycles. The van der Waals surface area contributed by atoms with Crippen LogP contribution in [-0.2, 0) is 0 Å². The first-order chi connectivity index (χ1) is 10.6. The average Bonchev–Trinajstić information content (AvgIpc) is 2.54. The lowest BCUT2D eigenvalue weighted by Gasteiger charge is -2.13. The summed E-state index contributed by atoms with van der Waals surface area (Å²) in [7, 11) is 0. The van der Waals surface area contributed by atoms with Gasteiger partial charge in [0, 0.05) is 11.9 Å². The number of anilines is 1. The maximum Gasteiger partial charge on any atom is 0.149 e. The Balaban J connectivity index is 1.79. The topological polar surface area (TPSA) is 58.0 Å². The van der Waals surface area contributed by atoms with Crippen molar-refractivity contribution in [3.8, 4) is 0 Å². The van der Waals surface area contributed by atoms with Crippen LogP contribution in [0.15, 0.2) is 48.8 Å². The summed E-state index contributed by atoms with van der Waals surface area (Å²) in [5.74, 6) is -0.353. The normalized spacial score (nSPS) is 12.3. The summed E-state index contributed by atoms with van der Waals surface area (Å²) < 4.78 is 26.5. The number of aromatic nitrogens is 2. The van der Waals surface area contributed by atoms with Crippen LogP contribution in [0.5, 0.6) is 0 Å². The number of aliphatic hydroxyl groups excluding tert-OH is 1. The number of halogens is 2. The van der Waals surface area contributed by atoms with E-state index in [4.69, 9.17) is 0 Å². The molecule has 2 N–H and O–H groups in total. The number of fused-ring (bicyclic) bond motifs is 1. The number of rotatable bonds is 4. The van der Waals surface area contributed by atoms with E-state index in [0.29, 0.717) is 16.8 Å². The molecule has 0 radical (unpaired) electrons. The fraction of sp³-hybridized carbons (Fsp3) is 0.125. The van der Waals surface area contributed by atoms with Gasteiger partial charge in [-0.05, 0) is 29.8 Å². The highest BCUT2D eigenvalue weighted by Crippen LogP contribution is 2.22. The van der Waals surface area contributed by atoms with Gasteiger partial charge in [0.1, 0.15) is 29.3 Å². The van der Waals surface area contributed by atoms with Crippen molar-refractivity contribution in [2.24, 2.45) is 0 Å². The molecule has 0 saturated carbocycles. The summed E-state index contributed by atoms with van der Waals surface area (Å²) in [4.78, 5) is 7.97. The lowest BCUT2D eigenvalue weighted by atomic mass is 10.1. The van der Waals surface area contributed by atoms with Crippen LogP contribution in [0.2, 0.25) is 0 Å². The number of aliphatic hydroxyl groups is 1. The Morgan fingerprint density at radius 3 is 2.59 bits per heavy atom. The highest BCUT2D eigenvalue weighted by molar-refractivity contribution is 5.89. The molecule has 1 heterocycles. The molecule has 0 aliphatic rings. The standard InChI is InChI=1S/C16H13F2N3O/c17-11-6-4-10(5-7-11)14(22)8-19-16-12-2-1-3-13(18)15(12)20-9-21-16/h1-7,9,14,22H,8H2,(H,19,20,21). The number of nitrogens with zero attached hydrogens (tertiary/aromatic N) is 2. The molecule has 3 aromatic rings. The quantitative estimate of drug-likeness (QED) is 0.777. The molecule has 1 aromatic heterocycles. The Kier molecular flexibility index (Phi) is 3.93. The molecule has 0 saturated heterocycles. The monoisotopic (exact) mass is 301 g/mol. The molecule has 0 bridgehead atoms. The number of para-hydroxylation sites is 1. The number of benzene rings is 2. The molecule has 0 spiro atoms. The highest BCUT2D eigenvalue weighted by Gasteiger charge is 2.11. The van der Waals surface area contributed by atoms with Crippen LogP contribution in [0.1, 0.15) is 11.7 Å². The van der Waals surface area contributed by atoms with E-state index in [0.717, 1.165) is 0 Å². The Labute approximate surface area is 125 Å². The predicted molar refractivity (Wildman–Crippen MR) is 79.3 cm³/mol. The van der Waals surface area contributed by atoms with Gasteiger partial charge in [-0.1, -0.05) is 18.2 Å². The molecule has 2 aromatic carbocycles. The molecule has 112 valence electrons. The SMILES string of the molecule is OC(CNc1ncnc2c(F)cccc12)c1ccc(F)cc1. The van der Waals surface area contributed by atoms with E-state index in [2.05, 4.69) is 15.3 Å². The van der Waals surface area contributed by atoms with E-state index in [9.17, 15) is 13.9 Å². The van der Waals surface area contributed by atoms with Gasteiger partial charge < -0.3 is 10.4 Å². The highest BCUT2D eigenvalue weighted by atomic mass is 19.1. The summed E-state index contributed by atoms with van der Waals surface area (Å²) in [6.07, 6.45) is 0.428. The van der Waals surface area contributed by atoms with E-state index < -0.39 is 11.9 Å². The maximum atomic E-state index is 13.7. The Morgan fingerprint density at radius 2 is 1.82 bits per heavy atom. The van der Waals surface area contributed by atoms with Crippen molar-refractivity contribution in [3.63, 3.8) is 0 Å². The molecular formula is C16H13F2N3O. The van der Waals surface area contributed by atoms with Gasteiger partial charge in [-0.25, -0.2) is 18.7 Å². The summed E-state index contributed by atoms with van der Waals surface area (Å²) in [5.41, 5.74) is 0.801. The van der Waals surface area contributed by atoms with Crippen LogP contribution in [0.4, 0.5) is 14.6 Å². The first-order valence-corrected chi connectivity index (χ1v) is 6.72. The second-order valence-corrected chi connectivity index (χ2v) is 4.81. The van der Waals surface area contributed by atoms with Crippen molar-refractivity contribution >= 4 is 16.7 Å². The van der Waals surface area contributed by atoms with Crippen LogP contribution in [0, 0.1) is 11.6 Å². The van der Waals surface area contributed by atoms with Crippen LogP contribution in [0.25, 0.3) is 10.9 Å². The van der Waals surface area contributed by atoms with E-state index in [-0.39, 0.29) is 17.9 Å². The van der Waals surface area contributed by atoms with Gasteiger partial charge in [-0.3, -0.25) is 0 Å². The number of hydrogen-bond donors (Lipinski definition) is 2. The molecule has 1 unspecified atom stereocenters. The average molecular weight is 301 g/mol. The van der Waals surface area contributed by atoms with Gasteiger partial charge in [-0.2, -0.15) is 0 Å². The van der Waals surface area contributed by atoms with E-state index in [1.807, 2.05) is 0 Å². The van der Waals surface area contributed by atoms with Crippen molar-refractivity contribution in [2.45, 2.75) is 6.10 Å². The molecule has 4 nitrogen and oxygen atoms in total. The minimum Gasteiger partial charge on any atom is -0.387 e. The molecule has 0 fully saturated rings. The van der Waals surface area contributed by atoms with Crippen molar-refractivity contribution in [2.75, 3.05) is 11.9 Å². The molecule has 0 amide bonds. The third-order valence-corrected chi connectivity index (χ3v) is 3.33. The van der Waals surface area contributed by atoms with Gasteiger partial charge in [-0.15, -0.1) is 0 Å². The van der Waals surface area contributed by atoms with Crippen molar-refractivity contribution in [3.05, 3.63) is 66.0 Å². The van der Waals surface area contributed by atoms with Gasteiger partial charge >= 0.3 is 0 Å². The molecule has 1 atom stereocenters. The maximum absolute atomic E-state index is 13.7. The van der Waals surface area contributed by atoms with Gasteiger partial charge in [0.15, 0.2) is 0 Å². The molecule has 22 heavy (non-hydrogen) atoms. The summed E-state index contributed by atoms with van der Waals surface area (Å²) in [6.45, 7) is 0.161. The fourth-order valence-corrected chi connectivity index (χ4v) is 2.19. The van der Waals surface area contributed by atoms with Gasteiger partial charge in [0.2, 0.25) is 0 Å². The van der Waals surface area contributed by atoms with Crippen molar-refractivity contribution in [1.82, 2.24) is 9.97 Å². The smallest absolute Gasteiger partial charge is 0.149 e. The molecular weight excluding hydrogens is 288 g/mol. The first-order valence-electron chi connectivity index (χ1n) is 6.72. The number of nitrogens with one attached hydrogen (secondary N) is 1. The third-order valence-electron chi connectivity index (χ3n) is 3.33. The van der Waals surface area contributed by atoms with E-state index in [1.165, 1.54) is 36.7 Å². The molecule has 3 rings (SSSR count). The predicted octanol–water partition coefficient (Wildman–Crippen LogP) is 3.05. The van der Waals surface area contributed by atoms with Gasteiger partial charge in [0.05, 0.1) is 6.10 Å². The minimum atomic E-state index is -0.834. The van der Waals surface area contributed by atoms with Crippen LogP contribution in [0.3, 0.4) is 0 Å². The van der Waals surface area contributed by atoms with Crippen molar-refractivity contribution < 1.29 is 13.9 Å². The summed E-state index contributed by atoms with van der Waals surface area (Å²) in [6, 6.07) is 10.2. The van der Waals surface area contributed by atoms with E-state index >= 15 is 0 Å². The molecule has 6 heteroatoms. The Bertz CT molecular complexity index is 793. The second kappa shape index (κ2) is 6.03. The fourth-order valence-electron chi connectivity index (χ4n) is 2.19. The van der Waals surface area contributed by atoms with Crippen LogP contribution < -0.4 is 5.32 Å².